The first-order valence-electron chi connectivity index (χ1n) is 5.81. The first kappa shape index (κ1) is 12.6. The summed E-state index contributed by atoms with van der Waals surface area (Å²) in [5.41, 5.74) is 1.37. The number of halogens is 2. The second-order valence-corrected chi connectivity index (χ2v) is 6.76. The highest BCUT2D eigenvalue weighted by atomic mass is 79.9. The smallest absolute Gasteiger partial charge is 0.0285 e. The van der Waals surface area contributed by atoms with E-state index in [0.717, 1.165) is 6.54 Å². The van der Waals surface area contributed by atoms with E-state index in [-0.39, 0.29) is 0 Å². The average Bonchev–Trinajstić information content (AvgIpc) is 2.32. The zero-order valence-corrected chi connectivity index (χ0v) is 12.4. The summed E-state index contributed by atoms with van der Waals surface area (Å²) in [6, 6.07) is 11.3. The van der Waals surface area contributed by atoms with Gasteiger partial charge in [-0.15, -0.1) is 0 Å². The van der Waals surface area contributed by atoms with Crippen LogP contribution in [0.15, 0.2) is 30.3 Å². The van der Waals surface area contributed by atoms with E-state index in [1.807, 2.05) is 0 Å². The van der Waals surface area contributed by atoms with Gasteiger partial charge in [-0.2, -0.15) is 0 Å². The molecule has 3 heteroatoms. The summed E-state index contributed by atoms with van der Waals surface area (Å²) < 4.78 is 0. The van der Waals surface area contributed by atoms with Crippen LogP contribution in [0.5, 0.6) is 0 Å². The summed E-state index contributed by atoms with van der Waals surface area (Å²) in [6.07, 6.45) is 3.73. The Morgan fingerprint density at radius 1 is 1.06 bits per heavy atom. The van der Waals surface area contributed by atoms with Gasteiger partial charge in [-0.25, -0.2) is 0 Å². The SMILES string of the molecule is Br[C@H]1CC[C@@H](NCc2ccccc2)C[C@@H]1Br. The minimum absolute atomic E-state index is 0.606. The van der Waals surface area contributed by atoms with Crippen LogP contribution in [0.25, 0.3) is 0 Å². The van der Waals surface area contributed by atoms with Crippen LogP contribution in [0, 0.1) is 0 Å². The molecule has 0 spiro atoms. The van der Waals surface area contributed by atoms with Gasteiger partial charge in [0.05, 0.1) is 0 Å². The quantitative estimate of drug-likeness (QED) is 0.819. The second kappa shape index (κ2) is 6.18. The molecule has 0 aliphatic heterocycles. The fraction of sp³-hybridized carbons (Fsp3) is 0.538. The molecule has 1 aromatic carbocycles. The Labute approximate surface area is 114 Å². The molecule has 1 saturated carbocycles. The van der Waals surface area contributed by atoms with Gasteiger partial charge in [0.15, 0.2) is 0 Å². The lowest BCUT2D eigenvalue weighted by Gasteiger charge is -2.30. The van der Waals surface area contributed by atoms with E-state index >= 15 is 0 Å². The highest BCUT2D eigenvalue weighted by Gasteiger charge is 2.26. The Morgan fingerprint density at radius 2 is 1.81 bits per heavy atom. The van der Waals surface area contributed by atoms with Crippen LogP contribution < -0.4 is 5.32 Å². The lowest BCUT2D eigenvalue weighted by molar-refractivity contribution is 0.391. The highest BCUT2D eigenvalue weighted by Crippen LogP contribution is 2.30. The van der Waals surface area contributed by atoms with Gasteiger partial charge in [-0.1, -0.05) is 62.2 Å². The molecule has 88 valence electrons. The third-order valence-electron chi connectivity index (χ3n) is 3.13. The van der Waals surface area contributed by atoms with E-state index in [0.29, 0.717) is 15.7 Å². The fourth-order valence-electron chi connectivity index (χ4n) is 2.12. The van der Waals surface area contributed by atoms with Crippen LogP contribution in [0.3, 0.4) is 0 Å². The summed E-state index contributed by atoms with van der Waals surface area (Å²) in [4.78, 5) is 1.25. The first-order valence-corrected chi connectivity index (χ1v) is 7.64. The zero-order valence-electron chi connectivity index (χ0n) is 9.20. The molecule has 1 aliphatic carbocycles. The summed E-state index contributed by atoms with van der Waals surface area (Å²) in [5, 5.41) is 3.64. The van der Waals surface area contributed by atoms with Crippen molar-refractivity contribution in [1.29, 1.82) is 0 Å². The maximum Gasteiger partial charge on any atom is 0.0285 e. The van der Waals surface area contributed by atoms with Crippen molar-refractivity contribution in [3.63, 3.8) is 0 Å². The lowest BCUT2D eigenvalue weighted by Crippen LogP contribution is -2.38. The van der Waals surface area contributed by atoms with Crippen LogP contribution >= 0.6 is 31.9 Å². The van der Waals surface area contributed by atoms with Crippen molar-refractivity contribution in [3.05, 3.63) is 35.9 Å². The molecule has 1 fully saturated rings. The van der Waals surface area contributed by atoms with Crippen molar-refractivity contribution in [1.82, 2.24) is 5.32 Å². The molecule has 1 nitrogen and oxygen atoms in total. The van der Waals surface area contributed by atoms with Gasteiger partial charge in [0.25, 0.3) is 0 Å². The summed E-state index contributed by atoms with van der Waals surface area (Å²) in [7, 11) is 0. The van der Waals surface area contributed by atoms with Crippen molar-refractivity contribution >= 4 is 31.9 Å². The maximum atomic E-state index is 3.73. The summed E-state index contributed by atoms with van der Waals surface area (Å²) in [6.45, 7) is 0.984. The fourth-order valence-corrected chi connectivity index (χ4v) is 3.32. The molecule has 0 saturated heterocycles. The van der Waals surface area contributed by atoms with E-state index in [1.165, 1.54) is 24.8 Å². The van der Waals surface area contributed by atoms with Crippen LogP contribution in [0.4, 0.5) is 0 Å². The Hall–Kier alpha value is 0.140. The predicted octanol–water partition coefficient (Wildman–Crippen LogP) is 3.86. The van der Waals surface area contributed by atoms with Crippen LogP contribution in [-0.4, -0.2) is 15.7 Å². The molecular weight excluding hydrogens is 330 g/mol. The Bertz CT molecular complexity index is 315. The van der Waals surface area contributed by atoms with Gasteiger partial charge in [0, 0.05) is 22.2 Å². The van der Waals surface area contributed by atoms with Gasteiger partial charge in [0.2, 0.25) is 0 Å². The maximum absolute atomic E-state index is 3.73. The van der Waals surface area contributed by atoms with Crippen molar-refractivity contribution < 1.29 is 0 Å². The number of hydrogen-bond donors (Lipinski definition) is 1. The van der Waals surface area contributed by atoms with Gasteiger partial charge in [-0.05, 0) is 24.8 Å². The standard InChI is InChI=1S/C13H17Br2N/c14-12-7-6-11(8-13(12)15)16-9-10-4-2-1-3-5-10/h1-5,11-13,16H,6-9H2/t11-,12+,13+/m1/s1. The molecule has 0 radical (unpaired) electrons. The second-order valence-electron chi connectivity index (χ2n) is 4.41. The van der Waals surface area contributed by atoms with Crippen molar-refractivity contribution in [2.45, 2.75) is 41.5 Å². The number of alkyl halides is 2. The van der Waals surface area contributed by atoms with Gasteiger partial charge in [-0.3, -0.25) is 0 Å². The Kier molecular flexibility index (Phi) is 4.86. The predicted molar refractivity (Wildman–Crippen MR) is 76.4 cm³/mol. The van der Waals surface area contributed by atoms with Gasteiger partial charge < -0.3 is 5.32 Å². The van der Waals surface area contributed by atoms with Crippen molar-refractivity contribution in [2.75, 3.05) is 0 Å². The van der Waals surface area contributed by atoms with Crippen LogP contribution in [0.2, 0.25) is 0 Å². The summed E-state index contributed by atoms with van der Waals surface area (Å²) in [5.74, 6) is 0. The van der Waals surface area contributed by atoms with E-state index in [4.69, 9.17) is 0 Å². The molecule has 16 heavy (non-hydrogen) atoms. The van der Waals surface area contributed by atoms with E-state index in [2.05, 4.69) is 67.5 Å². The molecule has 0 bridgehead atoms. The average molecular weight is 347 g/mol. The normalized spacial score (nSPS) is 30.2. The number of rotatable bonds is 3. The molecule has 3 atom stereocenters. The molecule has 1 aromatic rings. The van der Waals surface area contributed by atoms with E-state index < -0.39 is 0 Å². The Balaban J connectivity index is 1.79. The molecule has 0 heterocycles. The van der Waals surface area contributed by atoms with E-state index in [1.54, 1.807) is 0 Å². The highest BCUT2D eigenvalue weighted by molar-refractivity contribution is 9.12. The number of benzene rings is 1. The number of hydrogen-bond acceptors (Lipinski definition) is 1. The minimum atomic E-state index is 0.606. The van der Waals surface area contributed by atoms with Crippen LogP contribution in [-0.2, 0) is 6.54 Å². The third-order valence-corrected chi connectivity index (χ3v) is 5.95. The topological polar surface area (TPSA) is 12.0 Å². The molecule has 0 amide bonds. The zero-order chi connectivity index (χ0) is 11.4. The van der Waals surface area contributed by atoms with Gasteiger partial charge >= 0.3 is 0 Å². The van der Waals surface area contributed by atoms with E-state index in [9.17, 15) is 0 Å². The van der Waals surface area contributed by atoms with Crippen LogP contribution in [0.1, 0.15) is 24.8 Å². The molecule has 2 rings (SSSR count). The van der Waals surface area contributed by atoms with Crippen molar-refractivity contribution in [2.24, 2.45) is 0 Å². The molecule has 0 unspecified atom stereocenters. The minimum Gasteiger partial charge on any atom is -0.310 e. The largest absolute Gasteiger partial charge is 0.310 e. The first-order chi connectivity index (χ1) is 7.75. The van der Waals surface area contributed by atoms with Gasteiger partial charge in [0.1, 0.15) is 0 Å². The lowest BCUT2D eigenvalue weighted by atomic mass is 9.95. The Morgan fingerprint density at radius 3 is 2.50 bits per heavy atom. The molecular formula is C13H17Br2N. The summed E-state index contributed by atoms with van der Waals surface area (Å²) >= 11 is 7.44. The number of nitrogens with one attached hydrogen (secondary N) is 1. The molecule has 0 aromatic heterocycles. The molecule has 1 N–H and O–H groups in total. The van der Waals surface area contributed by atoms with Crippen molar-refractivity contribution in [3.8, 4) is 0 Å². The monoisotopic (exact) mass is 345 g/mol. The third kappa shape index (κ3) is 3.57. The molecule has 1 aliphatic rings.